The average molecular weight is 432 g/mol. The van der Waals surface area contributed by atoms with Gasteiger partial charge in [-0.05, 0) is 30.3 Å². The highest BCUT2D eigenvalue weighted by Gasteiger charge is 2.43. The summed E-state index contributed by atoms with van der Waals surface area (Å²) >= 11 is 12.0. The Balaban J connectivity index is 1.43. The molecule has 2 heterocycles. The Bertz CT molecular complexity index is 939. The van der Waals surface area contributed by atoms with Crippen molar-refractivity contribution in [3.8, 4) is 0 Å². The van der Waals surface area contributed by atoms with Crippen LogP contribution in [0.4, 0.5) is 5.69 Å². The van der Waals surface area contributed by atoms with Gasteiger partial charge in [0.25, 0.3) is 11.8 Å². The molecule has 2 aliphatic rings. The second kappa shape index (κ2) is 8.14. The fourth-order valence-corrected chi connectivity index (χ4v) is 4.36. The summed E-state index contributed by atoms with van der Waals surface area (Å²) in [6.07, 6.45) is 0.107. The van der Waals surface area contributed by atoms with E-state index >= 15 is 0 Å². The van der Waals surface area contributed by atoms with E-state index in [1.807, 2.05) is 23.1 Å². The minimum Gasteiger partial charge on any atom is -0.336 e. The second-order valence-electron chi connectivity index (χ2n) is 7.11. The Morgan fingerprint density at radius 3 is 2.14 bits per heavy atom. The molecular formula is C21H19Cl2N3O3. The van der Waals surface area contributed by atoms with Gasteiger partial charge in [-0.3, -0.25) is 19.3 Å². The molecule has 0 aromatic heterocycles. The maximum Gasteiger partial charge on any atom is 0.253 e. The molecule has 3 amide bonds. The molecule has 29 heavy (non-hydrogen) atoms. The van der Waals surface area contributed by atoms with E-state index in [9.17, 15) is 14.4 Å². The number of benzene rings is 2. The lowest BCUT2D eigenvalue weighted by Gasteiger charge is -2.37. The molecule has 2 aromatic carbocycles. The Kier molecular flexibility index (Phi) is 5.58. The van der Waals surface area contributed by atoms with Crippen LogP contribution in [0.1, 0.15) is 16.8 Å². The van der Waals surface area contributed by atoms with Gasteiger partial charge in [0.1, 0.15) is 0 Å². The van der Waals surface area contributed by atoms with Gasteiger partial charge >= 0.3 is 0 Å². The molecule has 0 radical (unpaired) electrons. The van der Waals surface area contributed by atoms with Crippen molar-refractivity contribution in [3.63, 3.8) is 0 Å². The van der Waals surface area contributed by atoms with Gasteiger partial charge < -0.3 is 4.90 Å². The zero-order chi connectivity index (χ0) is 20.5. The van der Waals surface area contributed by atoms with Crippen LogP contribution in [-0.4, -0.2) is 59.7 Å². The molecule has 0 unspecified atom stereocenters. The zero-order valence-corrected chi connectivity index (χ0v) is 17.1. The predicted molar refractivity (Wildman–Crippen MR) is 111 cm³/mol. The van der Waals surface area contributed by atoms with Crippen LogP contribution in [0, 0.1) is 0 Å². The van der Waals surface area contributed by atoms with Crippen LogP contribution >= 0.6 is 23.2 Å². The molecule has 2 fully saturated rings. The lowest BCUT2D eigenvalue weighted by molar-refractivity contribution is -0.123. The average Bonchev–Trinajstić information content (AvgIpc) is 3.01. The maximum atomic E-state index is 13.0. The van der Waals surface area contributed by atoms with E-state index in [2.05, 4.69) is 0 Å². The summed E-state index contributed by atoms with van der Waals surface area (Å²) in [7, 11) is 0. The monoisotopic (exact) mass is 431 g/mol. The molecule has 6 nitrogen and oxygen atoms in total. The SMILES string of the molecule is O=C(c1ccccc1)N1CCN([C@@H]2CC(=O)N(c3cc(Cl)cc(Cl)c3)C2=O)CC1. The molecule has 150 valence electrons. The molecular weight excluding hydrogens is 413 g/mol. The molecule has 0 bridgehead atoms. The number of carbonyl (C=O) groups is 3. The summed E-state index contributed by atoms with van der Waals surface area (Å²) < 4.78 is 0. The summed E-state index contributed by atoms with van der Waals surface area (Å²) in [5.41, 5.74) is 1.04. The van der Waals surface area contributed by atoms with Crippen molar-refractivity contribution in [3.05, 3.63) is 64.1 Å². The number of hydrogen-bond donors (Lipinski definition) is 0. The van der Waals surface area contributed by atoms with Gasteiger partial charge in [0.15, 0.2) is 0 Å². The van der Waals surface area contributed by atoms with Crippen molar-refractivity contribution in [1.82, 2.24) is 9.80 Å². The van der Waals surface area contributed by atoms with E-state index in [-0.39, 0.29) is 24.1 Å². The van der Waals surface area contributed by atoms with Crippen molar-refractivity contribution in [2.24, 2.45) is 0 Å². The third kappa shape index (κ3) is 4.01. The number of hydrogen-bond acceptors (Lipinski definition) is 4. The number of rotatable bonds is 3. The standard InChI is InChI=1S/C21H19Cl2N3O3/c22-15-10-16(23)12-17(11-15)26-19(27)13-18(21(26)29)24-6-8-25(9-7-24)20(28)14-4-2-1-3-5-14/h1-5,10-12,18H,6-9,13H2/t18-/m1/s1. The lowest BCUT2D eigenvalue weighted by atomic mass is 10.1. The largest absolute Gasteiger partial charge is 0.336 e. The van der Waals surface area contributed by atoms with Gasteiger partial charge in [-0.25, -0.2) is 4.90 Å². The van der Waals surface area contributed by atoms with Crippen LogP contribution in [-0.2, 0) is 9.59 Å². The molecule has 0 spiro atoms. The first-order valence-electron chi connectivity index (χ1n) is 9.35. The smallest absolute Gasteiger partial charge is 0.253 e. The molecule has 2 aliphatic heterocycles. The quantitative estimate of drug-likeness (QED) is 0.700. The molecule has 4 rings (SSSR count). The van der Waals surface area contributed by atoms with Crippen molar-refractivity contribution < 1.29 is 14.4 Å². The van der Waals surface area contributed by atoms with E-state index < -0.39 is 6.04 Å². The van der Waals surface area contributed by atoms with Gasteiger partial charge in [0.2, 0.25) is 5.91 Å². The van der Waals surface area contributed by atoms with E-state index in [1.165, 1.54) is 0 Å². The van der Waals surface area contributed by atoms with Crippen LogP contribution in [0.2, 0.25) is 10.0 Å². The minimum atomic E-state index is -0.533. The summed E-state index contributed by atoms with van der Waals surface area (Å²) in [5, 5.41) is 0.731. The van der Waals surface area contributed by atoms with E-state index in [1.54, 1.807) is 35.2 Å². The number of piperazine rings is 1. The van der Waals surface area contributed by atoms with Gasteiger partial charge in [-0.2, -0.15) is 0 Å². The second-order valence-corrected chi connectivity index (χ2v) is 7.98. The summed E-state index contributed by atoms with van der Waals surface area (Å²) in [5.74, 6) is -0.577. The van der Waals surface area contributed by atoms with Gasteiger partial charge in [-0.1, -0.05) is 41.4 Å². The van der Waals surface area contributed by atoms with Gasteiger partial charge in [-0.15, -0.1) is 0 Å². The number of carbonyl (C=O) groups excluding carboxylic acids is 3. The van der Waals surface area contributed by atoms with E-state index in [0.717, 1.165) is 4.90 Å². The third-order valence-corrected chi connectivity index (χ3v) is 5.73. The van der Waals surface area contributed by atoms with E-state index in [4.69, 9.17) is 23.2 Å². The lowest BCUT2D eigenvalue weighted by Crippen LogP contribution is -2.53. The van der Waals surface area contributed by atoms with Crippen molar-refractivity contribution >= 4 is 46.6 Å². The number of amides is 3. The van der Waals surface area contributed by atoms with Crippen molar-refractivity contribution in [1.29, 1.82) is 0 Å². The molecule has 2 aromatic rings. The highest BCUT2D eigenvalue weighted by atomic mass is 35.5. The van der Waals surface area contributed by atoms with Crippen molar-refractivity contribution in [2.75, 3.05) is 31.1 Å². The normalized spacial score (nSPS) is 20.4. The number of halogens is 2. The Labute approximate surface area is 178 Å². The summed E-state index contributed by atoms with van der Waals surface area (Å²) in [6, 6.07) is 13.3. The van der Waals surface area contributed by atoms with Crippen LogP contribution < -0.4 is 4.90 Å². The minimum absolute atomic E-state index is 0.0192. The van der Waals surface area contributed by atoms with Crippen molar-refractivity contribution in [2.45, 2.75) is 12.5 Å². The fraction of sp³-hybridized carbons (Fsp3) is 0.286. The van der Waals surface area contributed by atoms with Crippen LogP contribution in [0.15, 0.2) is 48.5 Å². The fourth-order valence-electron chi connectivity index (χ4n) is 3.84. The topological polar surface area (TPSA) is 60.9 Å². The first kappa shape index (κ1) is 19.9. The Morgan fingerprint density at radius 1 is 0.897 bits per heavy atom. The Hall–Kier alpha value is -2.41. The molecule has 0 N–H and O–H groups in total. The first-order valence-corrected chi connectivity index (χ1v) is 10.1. The molecule has 1 atom stereocenters. The first-order chi connectivity index (χ1) is 13.9. The molecule has 0 aliphatic carbocycles. The highest BCUT2D eigenvalue weighted by Crippen LogP contribution is 2.31. The van der Waals surface area contributed by atoms with Gasteiger partial charge in [0, 0.05) is 41.8 Å². The Morgan fingerprint density at radius 2 is 1.52 bits per heavy atom. The summed E-state index contributed by atoms with van der Waals surface area (Å²) in [4.78, 5) is 43.0. The van der Waals surface area contributed by atoms with Crippen LogP contribution in [0.3, 0.4) is 0 Å². The molecule has 8 heteroatoms. The highest BCUT2D eigenvalue weighted by molar-refractivity contribution is 6.35. The molecule has 2 saturated heterocycles. The third-order valence-electron chi connectivity index (χ3n) is 5.29. The van der Waals surface area contributed by atoms with E-state index in [0.29, 0.717) is 47.5 Å². The maximum absolute atomic E-state index is 13.0. The summed E-state index contributed by atoms with van der Waals surface area (Å²) in [6.45, 7) is 2.09. The number of nitrogens with zero attached hydrogens (tertiary/aromatic N) is 3. The number of imide groups is 1. The van der Waals surface area contributed by atoms with Crippen LogP contribution in [0.25, 0.3) is 0 Å². The predicted octanol–water partition coefficient (Wildman–Crippen LogP) is 3.08. The zero-order valence-electron chi connectivity index (χ0n) is 15.6. The van der Waals surface area contributed by atoms with Crippen LogP contribution in [0.5, 0.6) is 0 Å². The van der Waals surface area contributed by atoms with Gasteiger partial charge in [0.05, 0.1) is 18.2 Å². The molecule has 0 saturated carbocycles. The number of anilines is 1.